The second kappa shape index (κ2) is 8.35. The number of aliphatic carboxylic acids is 1. The van der Waals surface area contributed by atoms with E-state index in [2.05, 4.69) is 0 Å². The Balaban J connectivity index is 0.000000491. The Labute approximate surface area is 122 Å². The zero-order valence-corrected chi connectivity index (χ0v) is 11.4. The molecule has 2 N–H and O–H groups in total. The van der Waals surface area contributed by atoms with Crippen LogP contribution < -0.4 is 4.74 Å². The number of benzene rings is 2. The van der Waals surface area contributed by atoms with Gasteiger partial charge in [-0.3, -0.25) is 4.79 Å². The first-order valence-electron chi connectivity index (χ1n) is 6.13. The molecule has 5 nitrogen and oxygen atoms in total. The maximum atomic E-state index is 9.40. The van der Waals surface area contributed by atoms with Crippen LogP contribution in [0.3, 0.4) is 0 Å². The van der Waals surface area contributed by atoms with Gasteiger partial charge in [0, 0.05) is 6.92 Å². The largest absolute Gasteiger partial charge is 0.481 e. The minimum atomic E-state index is -1.12. The zero-order chi connectivity index (χ0) is 15.7. The van der Waals surface area contributed by atoms with Crippen LogP contribution in [-0.4, -0.2) is 16.2 Å². The monoisotopic (exact) mass is 285 g/mol. The zero-order valence-electron chi connectivity index (χ0n) is 11.4. The fourth-order valence-corrected chi connectivity index (χ4v) is 1.45. The Bertz CT molecular complexity index is 616. The molecule has 0 saturated heterocycles. The summed E-state index contributed by atoms with van der Waals surface area (Å²) in [6.07, 6.45) is -1.12. The lowest BCUT2D eigenvalue weighted by Gasteiger charge is -2.07. The second-order valence-corrected chi connectivity index (χ2v) is 4.04. The second-order valence-electron chi connectivity index (χ2n) is 4.04. The molecule has 2 aromatic rings. The number of rotatable bonds is 3. The summed E-state index contributed by atoms with van der Waals surface area (Å²) in [4.78, 5) is 9.00. The highest BCUT2D eigenvalue weighted by molar-refractivity contribution is 5.62. The number of carboxylic acid groups (broad SMARTS) is 1. The average molecular weight is 285 g/mol. The van der Waals surface area contributed by atoms with Gasteiger partial charge in [-0.1, -0.05) is 30.3 Å². The molecule has 0 fully saturated rings. The van der Waals surface area contributed by atoms with Crippen molar-refractivity contribution < 1.29 is 19.7 Å². The van der Waals surface area contributed by atoms with Gasteiger partial charge in [0.25, 0.3) is 5.97 Å². The molecule has 0 aliphatic heterocycles. The van der Waals surface area contributed by atoms with Crippen molar-refractivity contribution in [3.8, 4) is 17.6 Å². The van der Waals surface area contributed by atoms with E-state index in [1.807, 2.05) is 30.3 Å². The molecule has 1 atom stereocenters. The molecule has 0 spiro atoms. The third-order valence-corrected chi connectivity index (χ3v) is 2.28. The molecule has 21 heavy (non-hydrogen) atoms. The van der Waals surface area contributed by atoms with Crippen LogP contribution in [0.15, 0.2) is 54.6 Å². The van der Waals surface area contributed by atoms with Crippen LogP contribution in [0.2, 0.25) is 0 Å². The lowest BCUT2D eigenvalue weighted by atomic mass is 10.1. The summed E-state index contributed by atoms with van der Waals surface area (Å²) in [5.74, 6) is 0.485. The first-order valence-corrected chi connectivity index (χ1v) is 6.13. The van der Waals surface area contributed by atoms with Gasteiger partial charge in [-0.05, 0) is 29.8 Å². The Morgan fingerprint density at radius 2 is 1.71 bits per heavy atom. The fraction of sp³-hybridized carbons (Fsp3) is 0.125. The molecule has 0 aliphatic rings. The molecule has 2 rings (SSSR count). The van der Waals surface area contributed by atoms with Gasteiger partial charge in [-0.25, -0.2) is 0 Å². The highest BCUT2D eigenvalue weighted by atomic mass is 16.5. The number of aliphatic hydroxyl groups is 1. The van der Waals surface area contributed by atoms with E-state index < -0.39 is 12.1 Å². The summed E-state index contributed by atoms with van der Waals surface area (Å²) >= 11 is 0. The summed E-state index contributed by atoms with van der Waals surface area (Å²) in [6.45, 7) is 1.08. The molecule has 0 aliphatic carbocycles. The summed E-state index contributed by atoms with van der Waals surface area (Å²) in [7, 11) is 0. The number of hydrogen-bond donors (Lipinski definition) is 2. The average Bonchev–Trinajstić information content (AvgIpc) is 2.47. The normalized spacial score (nSPS) is 10.5. The minimum Gasteiger partial charge on any atom is -0.481 e. The Morgan fingerprint density at radius 3 is 2.29 bits per heavy atom. The van der Waals surface area contributed by atoms with Crippen LogP contribution in [0.5, 0.6) is 11.5 Å². The number of aliphatic hydroxyl groups excluding tert-OH is 1. The van der Waals surface area contributed by atoms with Gasteiger partial charge in [0.15, 0.2) is 6.10 Å². The highest BCUT2D eigenvalue weighted by Crippen LogP contribution is 2.24. The van der Waals surface area contributed by atoms with E-state index >= 15 is 0 Å². The summed E-state index contributed by atoms with van der Waals surface area (Å²) in [6, 6.07) is 18.0. The van der Waals surface area contributed by atoms with Gasteiger partial charge in [0.1, 0.15) is 11.5 Å². The molecule has 5 heteroatoms. The third kappa shape index (κ3) is 6.23. The van der Waals surface area contributed by atoms with Gasteiger partial charge < -0.3 is 14.9 Å². The number of ether oxygens (including phenoxy) is 1. The number of carboxylic acids is 1. The van der Waals surface area contributed by atoms with Gasteiger partial charge in [0.2, 0.25) is 0 Å². The lowest BCUT2D eigenvalue weighted by molar-refractivity contribution is -0.134. The van der Waals surface area contributed by atoms with Crippen molar-refractivity contribution in [2.24, 2.45) is 0 Å². The summed E-state index contributed by atoms with van der Waals surface area (Å²) in [5, 5.41) is 25.4. The predicted molar refractivity (Wildman–Crippen MR) is 76.8 cm³/mol. The van der Waals surface area contributed by atoms with Crippen LogP contribution in [0.1, 0.15) is 18.6 Å². The standard InChI is InChI=1S/C14H11NO2.C2H4O2/c15-10-14(16)11-5-4-8-13(9-11)17-12-6-2-1-3-7-12;1-2(3)4/h1-9,14,16H;1H3,(H,3,4). The van der Waals surface area contributed by atoms with Crippen molar-refractivity contribution >= 4 is 5.97 Å². The summed E-state index contributed by atoms with van der Waals surface area (Å²) in [5.41, 5.74) is 0.529. The smallest absolute Gasteiger partial charge is 0.300 e. The van der Waals surface area contributed by atoms with Gasteiger partial charge in [0.05, 0.1) is 6.07 Å². The number of carbonyl (C=O) groups is 1. The van der Waals surface area contributed by atoms with Crippen LogP contribution >= 0.6 is 0 Å². The molecule has 0 amide bonds. The maximum Gasteiger partial charge on any atom is 0.300 e. The van der Waals surface area contributed by atoms with Crippen LogP contribution in [0.4, 0.5) is 0 Å². The molecule has 2 aromatic carbocycles. The first kappa shape index (κ1) is 16.2. The Hall–Kier alpha value is -2.84. The van der Waals surface area contributed by atoms with Gasteiger partial charge >= 0.3 is 0 Å². The Morgan fingerprint density at radius 1 is 1.14 bits per heavy atom. The number of para-hydroxylation sites is 1. The first-order chi connectivity index (χ1) is 10.0. The SMILES string of the molecule is CC(=O)O.N#CC(O)c1cccc(Oc2ccccc2)c1. The van der Waals surface area contributed by atoms with E-state index in [1.165, 1.54) is 0 Å². The minimum absolute atomic E-state index is 0.529. The van der Waals surface area contributed by atoms with Crippen molar-refractivity contribution in [3.05, 3.63) is 60.2 Å². The summed E-state index contributed by atoms with van der Waals surface area (Å²) < 4.78 is 5.59. The molecule has 0 radical (unpaired) electrons. The molecule has 108 valence electrons. The van der Waals surface area contributed by atoms with E-state index in [4.69, 9.17) is 19.9 Å². The van der Waals surface area contributed by atoms with E-state index in [0.717, 1.165) is 12.7 Å². The van der Waals surface area contributed by atoms with Crippen molar-refractivity contribution in [2.45, 2.75) is 13.0 Å². The van der Waals surface area contributed by atoms with Crippen LogP contribution in [0, 0.1) is 11.3 Å². The van der Waals surface area contributed by atoms with Crippen molar-refractivity contribution in [1.29, 1.82) is 5.26 Å². The van der Waals surface area contributed by atoms with Crippen LogP contribution in [-0.2, 0) is 4.79 Å². The number of hydrogen-bond acceptors (Lipinski definition) is 4. The molecule has 0 bridgehead atoms. The number of nitriles is 1. The molecule has 1 unspecified atom stereocenters. The molecular formula is C16H15NO4. The molecule has 0 heterocycles. The van der Waals surface area contributed by atoms with E-state index in [0.29, 0.717) is 11.3 Å². The van der Waals surface area contributed by atoms with E-state index in [-0.39, 0.29) is 0 Å². The van der Waals surface area contributed by atoms with Crippen molar-refractivity contribution in [1.82, 2.24) is 0 Å². The topological polar surface area (TPSA) is 90.5 Å². The van der Waals surface area contributed by atoms with Crippen molar-refractivity contribution in [2.75, 3.05) is 0 Å². The quantitative estimate of drug-likeness (QED) is 0.845. The fourth-order valence-electron chi connectivity index (χ4n) is 1.45. The Kier molecular flexibility index (Phi) is 6.45. The lowest BCUT2D eigenvalue weighted by Crippen LogP contribution is -1.93. The number of nitrogens with zero attached hydrogens (tertiary/aromatic N) is 1. The predicted octanol–water partition coefficient (Wildman–Crippen LogP) is 3.13. The third-order valence-electron chi connectivity index (χ3n) is 2.28. The van der Waals surface area contributed by atoms with Gasteiger partial charge in [-0.15, -0.1) is 0 Å². The highest BCUT2D eigenvalue weighted by Gasteiger charge is 2.06. The van der Waals surface area contributed by atoms with Crippen LogP contribution in [0.25, 0.3) is 0 Å². The van der Waals surface area contributed by atoms with E-state index in [1.54, 1.807) is 30.3 Å². The molecular weight excluding hydrogens is 270 g/mol. The van der Waals surface area contributed by atoms with Gasteiger partial charge in [-0.2, -0.15) is 5.26 Å². The van der Waals surface area contributed by atoms with E-state index in [9.17, 15) is 5.11 Å². The molecule has 0 saturated carbocycles. The maximum absolute atomic E-state index is 9.40. The van der Waals surface area contributed by atoms with Crippen molar-refractivity contribution in [3.63, 3.8) is 0 Å². The molecule has 0 aromatic heterocycles.